The molecule has 0 radical (unpaired) electrons. The average Bonchev–Trinajstić information content (AvgIpc) is 2.97. The first kappa shape index (κ1) is 70.6. The van der Waals surface area contributed by atoms with Crippen LogP contribution in [0.25, 0.3) is 0 Å². The molecule has 0 N–H and O–H groups in total. The topological polar surface area (TPSA) is 92.3 Å². The first-order valence-corrected chi connectivity index (χ1v) is 68.6. The fourth-order valence-electron chi connectivity index (χ4n) is 8.14. The van der Waals surface area contributed by atoms with Gasteiger partial charge in [-0.25, -0.2) is 0 Å². The van der Waals surface area contributed by atoms with Gasteiger partial charge in [0.1, 0.15) is 29.3 Å². The van der Waals surface area contributed by atoms with Crippen molar-refractivity contribution in [2.24, 2.45) is 5.92 Å². The number of hydrogen-bond acceptors (Lipinski definition) is 10. The van der Waals surface area contributed by atoms with Crippen LogP contribution in [0.15, 0.2) is 24.1 Å². The maximum atomic E-state index is 6.85. The molecule has 0 amide bonds. The van der Waals surface area contributed by atoms with Gasteiger partial charge < -0.3 is 41.2 Å². The molecule has 0 heterocycles. The van der Waals surface area contributed by atoms with Crippen LogP contribution in [0.1, 0.15) is 13.8 Å². The summed E-state index contributed by atoms with van der Waals surface area (Å²) in [5.41, 5.74) is 4.38. The second kappa shape index (κ2) is 27.9. The smallest absolute Gasteiger partial charge is 0.345 e. The van der Waals surface area contributed by atoms with Gasteiger partial charge in [-0.1, -0.05) is 26.1 Å². The number of allylic oxidation sites excluding steroid dienone is 1. The molecule has 396 valence electrons. The highest BCUT2D eigenvalue weighted by Gasteiger charge is 2.47. The van der Waals surface area contributed by atoms with E-state index in [2.05, 4.69) is 204 Å². The zero-order valence-corrected chi connectivity index (χ0v) is 66.5. The molecule has 10 nitrogen and oxygen atoms in total. The maximum absolute atomic E-state index is 6.85. The van der Waals surface area contributed by atoms with Crippen molar-refractivity contribution in [3.63, 3.8) is 0 Å². The molecular weight excluding hydrogens is 1090 g/mol. The van der Waals surface area contributed by atoms with Crippen molar-refractivity contribution in [3.8, 4) is 0 Å². The molecule has 0 saturated heterocycles. The van der Waals surface area contributed by atoms with Crippen LogP contribution in [-0.4, -0.2) is 139 Å². The third-order valence-corrected chi connectivity index (χ3v) is 69.7. The van der Waals surface area contributed by atoms with E-state index in [0.717, 1.165) is 23.3 Å². The lowest BCUT2D eigenvalue weighted by molar-refractivity contribution is 0.324. The lowest BCUT2D eigenvalue weighted by Crippen LogP contribution is -2.58. The highest BCUT2D eigenvalue weighted by Crippen LogP contribution is 2.32. The summed E-state index contributed by atoms with van der Waals surface area (Å²) in [5.74, 6) is 0.714. The highest BCUT2D eigenvalue weighted by molar-refractivity contribution is 6.93. The minimum Gasteiger partial charge on any atom is -0.461 e. The zero-order valence-electron chi connectivity index (χ0n) is 49.1. The van der Waals surface area contributed by atoms with Gasteiger partial charge in [0.15, 0.2) is 75.6 Å². The standard InChI is InChI=1S/C22H62O6Si10.C18H50O4Si6/c1-18-34(9,10)24-30-20-36(13,14)25-31-21-35(11,12)23-29-19-22(2)38(17,27-33(6,7)8)28-37(15,16)26-32(3,4)5;1-18(2)17-26(10,11)19-23(3)15-16-28(14,21-25(7,8)9)22-27(12,13)20-24(4,5)6/h18H,1-2,19-21,29-31H2,3-17H3;18,23H,15-17H2,1-14H3. The van der Waals surface area contributed by atoms with Crippen molar-refractivity contribution in [2.75, 3.05) is 0 Å². The van der Waals surface area contributed by atoms with Crippen LogP contribution < -0.4 is 0 Å². The highest BCUT2D eigenvalue weighted by atomic mass is 28.5. The molecule has 0 aromatic heterocycles. The largest absolute Gasteiger partial charge is 0.461 e. The molecule has 0 aliphatic carbocycles. The number of rotatable bonds is 33. The van der Waals surface area contributed by atoms with Crippen LogP contribution >= 0.6 is 0 Å². The predicted octanol–water partition coefficient (Wildman–Crippen LogP) is 12.3. The van der Waals surface area contributed by atoms with E-state index in [1.807, 2.05) is 5.70 Å². The molecule has 0 fully saturated rings. The molecule has 0 spiro atoms. The Morgan fingerprint density at radius 1 is 0.515 bits per heavy atom. The summed E-state index contributed by atoms with van der Waals surface area (Å²) in [6, 6.07) is 4.32. The Morgan fingerprint density at radius 3 is 1.30 bits per heavy atom. The molecule has 0 aromatic carbocycles. The summed E-state index contributed by atoms with van der Waals surface area (Å²) in [6.07, 6.45) is 0. The van der Waals surface area contributed by atoms with Crippen LogP contribution in [0, 0.1) is 5.92 Å². The molecule has 0 saturated carbocycles. The Kier molecular flexibility index (Phi) is 29.9. The molecule has 0 aliphatic heterocycles. The fraction of sp³-hybridized carbons (Fsp3) is 0.900. The average molecular weight is 1200 g/mol. The molecule has 66 heavy (non-hydrogen) atoms. The second-order valence-corrected chi connectivity index (χ2v) is 86.2. The Balaban J connectivity index is 0. The van der Waals surface area contributed by atoms with Gasteiger partial charge in [-0.2, -0.15) is 0 Å². The molecule has 0 rings (SSSR count). The minimum absolute atomic E-state index is 0.536. The van der Waals surface area contributed by atoms with Gasteiger partial charge in [0, 0.05) is 0 Å². The normalized spacial score (nSPS) is 17.2. The summed E-state index contributed by atoms with van der Waals surface area (Å²) < 4.78 is 66.3. The molecule has 0 aromatic rings. The fourth-order valence-corrected chi connectivity index (χ4v) is 72.9. The Morgan fingerprint density at radius 2 is 0.909 bits per heavy atom. The third kappa shape index (κ3) is 38.2. The SMILES string of the molecule is C=C[Si](C)(C)O[SiH2]C[Si](C)(C)O[SiH2]C[Si](C)(C)O[SiH2]CC(=C)[Si](C)(O[Si](C)(C)C)O[Si](C)(C)O[Si](C)(C)C.CC(C)C[Si](C)(C)O[SiH](C)CC[Si](C)(O[Si](C)(C)C)O[Si](C)(C)O[Si](C)(C)C. The third-order valence-electron chi connectivity index (χ3n) is 9.86. The van der Waals surface area contributed by atoms with Gasteiger partial charge >= 0.3 is 34.2 Å². The van der Waals surface area contributed by atoms with Gasteiger partial charge in [0.25, 0.3) is 0 Å². The summed E-state index contributed by atoms with van der Waals surface area (Å²) in [4.78, 5) is 0. The first-order valence-electron chi connectivity index (χ1n) is 25.0. The van der Waals surface area contributed by atoms with Gasteiger partial charge in [-0.15, -0.1) is 6.58 Å². The van der Waals surface area contributed by atoms with Gasteiger partial charge in [-0.05, 0) is 223 Å². The van der Waals surface area contributed by atoms with Crippen LogP contribution in [-0.2, 0) is 41.2 Å². The molecule has 3 atom stereocenters. The zero-order chi connectivity index (χ0) is 52.9. The van der Waals surface area contributed by atoms with E-state index >= 15 is 0 Å². The van der Waals surface area contributed by atoms with E-state index in [-0.39, 0.29) is 0 Å². The summed E-state index contributed by atoms with van der Waals surface area (Å²) >= 11 is 0. The van der Waals surface area contributed by atoms with E-state index in [0.29, 0.717) is 5.92 Å². The Labute approximate surface area is 432 Å². The first-order chi connectivity index (χ1) is 28.9. The second-order valence-electron chi connectivity index (χ2n) is 26.5. The van der Waals surface area contributed by atoms with Crippen molar-refractivity contribution >= 4 is 139 Å². The monoisotopic (exact) mass is 1200 g/mol. The lowest BCUT2D eigenvalue weighted by Gasteiger charge is -2.42. The lowest BCUT2D eigenvalue weighted by atomic mass is 10.3. The molecule has 0 aliphatic rings. The maximum Gasteiger partial charge on any atom is 0.345 e. The van der Waals surface area contributed by atoms with Crippen LogP contribution in [0.4, 0.5) is 0 Å². The minimum atomic E-state index is -2.62. The molecule has 26 heteroatoms. The summed E-state index contributed by atoms with van der Waals surface area (Å²) in [5, 5.41) is 1.13. The van der Waals surface area contributed by atoms with Gasteiger partial charge in [0.05, 0.1) is 0 Å². The van der Waals surface area contributed by atoms with Gasteiger partial charge in [0.2, 0.25) is 0 Å². The molecular formula is C40H112O10Si16. The summed E-state index contributed by atoms with van der Waals surface area (Å²) in [6.45, 7) is 74.1. The van der Waals surface area contributed by atoms with Crippen LogP contribution in [0.5, 0.6) is 0 Å². The summed E-state index contributed by atoms with van der Waals surface area (Å²) in [7, 11) is -26.0. The predicted molar refractivity (Wildman–Crippen MR) is 334 cm³/mol. The Bertz CT molecular complexity index is 1450. The van der Waals surface area contributed by atoms with E-state index in [1.54, 1.807) is 0 Å². The van der Waals surface area contributed by atoms with Crippen molar-refractivity contribution < 1.29 is 41.2 Å². The van der Waals surface area contributed by atoms with Crippen molar-refractivity contribution in [1.29, 1.82) is 0 Å². The number of hydrogen-bond donors (Lipinski definition) is 0. The van der Waals surface area contributed by atoms with Crippen molar-refractivity contribution in [2.45, 2.75) is 226 Å². The van der Waals surface area contributed by atoms with Crippen LogP contribution in [0.3, 0.4) is 0 Å². The van der Waals surface area contributed by atoms with E-state index in [9.17, 15) is 0 Å². The quantitative estimate of drug-likeness (QED) is 0.0592. The molecule has 3 unspecified atom stereocenters. The van der Waals surface area contributed by atoms with E-state index in [4.69, 9.17) is 41.2 Å². The van der Waals surface area contributed by atoms with Gasteiger partial charge in [-0.3, -0.25) is 0 Å². The van der Waals surface area contributed by atoms with E-state index < -0.39 is 139 Å². The van der Waals surface area contributed by atoms with E-state index in [1.165, 1.54) is 17.4 Å². The van der Waals surface area contributed by atoms with Crippen molar-refractivity contribution in [3.05, 3.63) is 24.1 Å². The molecule has 0 bridgehead atoms. The Hall–Kier alpha value is 2.55. The van der Waals surface area contributed by atoms with Crippen molar-refractivity contribution in [1.82, 2.24) is 0 Å². The van der Waals surface area contributed by atoms with Crippen LogP contribution in [0.2, 0.25) is 212 Å².